The molecule has 1 N–H and O–H groups in total. The van der Waals surface area contributed by atoms with Gasteiger partial charge in [0.2, 0.25) is 0 Å². The molecule has 10 heavy (non-hydrogen) atoms. The first-order chi connectivity index (χ1) is 4.45. The van der Waals surface area contributed by atoms with Gasteiger partial charge in [-0.3, -0.25) is 0 Å². The Bertz CT molecular complexity index is 122. The molecular formula is C8H16ClN. The number of hydrogen-bond acceptors (Lipinski definition) is 1. The average Bonchev–Trinajstić information content (AvgIpc) is 1.81. The van der Waals surface area contributed by atoms with Gasteiger partial charge in [0.05, 0.1) is 0 Å². The lowest BCUT2D eigenvalue weighted by Gasteiger charge is -2.20. The van der Waals surface area contributed by atoms with Gasteiger partial charge in [0.1, 0.15) is 0 Å². The molecule has 0 fully saturated rings. The molecule has 0 rings (SSSR count). The van der Waals surface area contributed by atoms with Gasteiger partial charge in [0.15, 0.2) is 0 Å². The summed E-state index contributed by atoms with van der Waals surface area (Å²) in [5.74, 6) is 0. The van der Waals surface area contributed by atoms with Crippen molar-refractivity contribution in [2.45, 2.75) is 33.2 Å². The van der Waals surface area contributed by atoms with Gasteiger partial charge in [-0.25, -0.2) is 0 Å². The number of halogens is 1. The zero-order valence-corrected chi connectivity index (χ0v) is 7.92. The summed E-state index contributed by atoms with van der Waals surface area (Å²) in [6.07, 6.45) is 0. The minimum Gasteiger partial charge on any atom is -0.308 e. The highest BCUT2D eigenvalue weighted by atomic mass is 35.5. The molecule has 0 aliphatic rings. The molecule has 0 aliphatic heterocycles. The van der Waals surface area contributed by atoms with Crippen molar-refractivity contribution in [1.82, 2.24) is 5.32 Å². The van der Waals surface area contributed by atoms with Gasteiger partial charge in [-0.2, -0.15) is 0 Å². The maximum atomic E-state index is 5.48. The summed E-state index contributed by atoms with van der Waals surface area (Å²) in [7, 11) is 0. The third kappa shape index (κ3) is 6.12. The topological polar surface area (TPSA) is 12.0 Å². The summed E-state index contributed by atoms with van der Waals surface area (Å²) in [6.45, 7) is 9.27. The molecule has 0 aromatic carbocycles. The zero-order valence-electron chi connectivity index (χ0n) is 7.16. The average molecular weight is 162 g/mol. The van der Waals surface area contributed by atoms with Gasteiger partial charge in [-0.05, 0) is 33.3 Å². The maximum Gasteiger partial charge on any atom is 0.0178 e. The zero-order chi connectivity index (χ0) is 8.20. The first-order valence-electron chi connectivity index (χ1n) is 3.46. The smallest absolute Gasteiger partial charge is 0.0178 e. The third-order valence-corrected chi connectivity index (χ3v) is 1.46. The molecule has 0 aliphatic carbocycles. The van der Waals surface area contributed by atoms with Crippen LogP contribution in [0.3, 0.4) is 0 Å². The van der Waals surface area contributed by atoms with Gasteiger partial charge in [-0.1, -0.05) is 11.6 Å². The van der Waals surface area contributed by atoms with E-state index in [4.69, 9.17) is 11.6 Å². The van der Waals surface area contributed by atoms with Crippen LogP contribution in [0.5, 0.6) is 0 Å². The standard InChI is InChI=1S/C8H16ClN/c1-7(5-9)6-10-8(2,3)4/h5,10H,6H2,1-4H3. The van der Waals surface area contributed by atoms with Gasteiger partial charge in [-0.15, -0.1) is 0 Å². The quantitative estimate of drug-likeness (QED) is 0.657. The van der Waals surface area contributed by atoms with Gasteiger partial charge >= 0.3 is 0 Å². The fourth-order valence-corrected chi connectivity index (χ4v) is 0.520. The van der Waals surface area contributed by atoms with Crippen LogP contribution in [0.2, 0.25) is 0 Å². The van der Waals surface area contributed by atoms with Crippen molar-refractivity contribution in [2.24, 2.45) is 0 Å². The second-order valence-electron chi connectivity index (χ2n) is 3.56. The van der Waals surface area contributed by atoms with E-state index in [1.165, 1.54) is 0 Å². The van der Waals surface area contributed by atoms with Crippen molar-refractivity contribution in [3.63, 3.8) is 0 Å². The highest BCUT2D eigenvalue weighted by Crippen LogP contribution is 2.00. The van der Waals surface area contributed by atoms with E-state index < -0.39 is 0 Å². The van der Waals surface area contributed by atoms with Crippen LogP contribution >= 0.6 is 11.6 Å². The van der Waals surface area contributed by atoms with Crippen LogP contribution in [0.1, 0.15) is 27.7 Å². The summed E-state index contributed by atoms with van der Waals surface area (Å²) >= 11 is 5.48. The lowest BCUT2D eigenvalue weighted by molar-refractivity contribution is 0.444. The molecule has 0 radical (unpaired) electrons. The summed E-state index contributed by atoms with van der Waals surface area (Å²) in [4.78, 5) is 0. The number of rotatable bonds is 2. The normalized spacial score (nSPS) is 13.9. The fourth-order valence-electron chi connectivity index (χ4n) is 0.443. The Hall–Kier alpha value is -0.0100. The Kier molecular flexibility index (Phi) is 3.99. The third-order valence-electron chi connectivity index (χ3n) is 1.08. The molecular weight excluding hydrogens is 146 g/mol. The molecule has 60 valence electrons. The summed E-state index contributed by atoms with van der Waals surface area (Å²) in [5, 5.41) is 3.32. The van der Waals surface area contributed by atoms with Crippen LogP contribution in [-0.2, 0) is 0 Å². The molecule has 0 heterocycles. The van der Waals surface area contributed by atoms with Crippen molar-refractivity contribution in [2.75, 3.05) is 6.54 Å². The second-order valence-corrected chi connectivity index (χ2v) is 3.78. The predicted molar refractivity (Wildman–Crippen MR) is 47.4 cm³/mol. The number of nitrogens with one attached hydrogen (secondary N) is 1. The highest BCUT2D eigenvalue weighted by molar-refractivity contribution is 6.25. The van der Waals surface area contributed by atoms with E-state index in [-0.39, 0.29) is 5.54 Å². The van der Waals surface area contributed by atoms with E-state index in [1.807, 2.05) is 6.92 Å². The van der Waals surface area contributed by atoms with Gasteiger partial charge in [0, 0.05) is 17.6 Å². The molecule has 0 spiro atoms. The molecule has 0 bridgehead atoms. The van der Waals surface area contributed by atoms with E-state index >= 15 is 0 Å². The van der Waals surface area contributed by atoms with Crippen LogP contribution in [0, 0.1) is 0 Å². The van der Waals surface area contributed by atoms with Gasteiger partial charge < -0.3 is 5.32 Å². The molecule has 1 nitrogen and oxygen atoms in total. The van der Waals surface area contributed by atoms with Crippen molar-refractivity contribution in [3.05, 3.63) is 11.1 Å². The van der Waals surface area contributed by atoms with E-state index in [0.717, 1.165) is 12.1 Å². The first kappa shape index (κ1) is 9.99. The van der Waals surface area contributed by atoms with Crippen molar-refractivity contribution in [3.8, 4) is 0 Å². The summed E-state index contributed by atoms with van der Waals surface area (Å²) in [6, 6.07) is 0. The molecule has 0 saturated carbocycles. The maximum absolute atomic E-state index is 5.48. The van der Waals surface area contributed by atoms with Crippen LogP contribution in [0.25, 0.3) is 0 Å². The lowest BCUT2D eigenvalue weighted by atomic mass is 10.1. The lowest BCUT2D eigenvalue weighted by Crippen LogP contribution is -2.36. The van der Waals surface area contributed by atoms with Crippen molar-refractivity contribution in [1.29, 1.82) is 0 Å². The predicted octanol–water partition coefficient (Wildman–Crippen LogP) is 2.52. The van der Waals surface area contributed by atoms with Crippen LogP contribution in [-0.4, -0.2) is 12.1 Å². The van der Waals surface area contributed by atoms with Crippen LogP contribution in [0.4, 0.5) is 0 Å². The second kappa shape index (κ2) is 3.99. The van der Waals surface area contributed by atoms with Crippen molar-refractivity contribution >= 4 is 11.6 Å². The fraction of sp³-hybridized carbons (Fsp3) is 0.750. The van der Waals surface area contributed by atoms with E-state index in [9.17, 15) is 0 Å². The Morgan fingerprint density at radius 3 is 2.30 bits per heavy atom. The van der Waals surface area contributed by atoms with Crippen molar-refractivity contribution < 1.29 is 0 Å². The molecule has 0 unspecified atom stereocenters. The Morgan fingerprint density at radius 1 is 1.50 bits per heavy atom. The Balaban J connectivity index is 3.56. The van der Waals surface area contributed by atoms with E-state index in [1.54, 1.807) is 5.54 Å². The Morgan fingerprint density at radius 2 is 2.00 bits per heavy atom. The van der Waals surface area contributed by atoms with E-state index in [2.05, 4.69) is 26.1 Å². The van der Waals surface area contributed by atoms with Crippen LogP contribution < -0.4 is 5.32 Å². The first-order valence-corrected chi connectivity index (χ1v) is 3.90. The minimum absolute atomic E-state index is 0.182. The SMILES string of the molecule is CC(=CCl)CNC(C)(C)C. The largest absolute Gasteiger partial charge is 0.308 e. The molecule has 0 aromatic heterocycles. The molecule has 0 atom stereocenters. The number of hydrogen-bond donors (Lipinski definition) is 1. The molecule has 0 aromatic rings. The highest BCUT2D eigenvalue weighted by Gasteiger charge is 2.07. The summed E-state index contributed by atoms with van der Waals surface area (Å²) < 4.78 is 0. The minimum atomic E-state index is 0.182. The Labute approximate surface area is 68.5 Å². The van der Waals surface area contributed by atoms with Gasteiger partial charge in [0.25, 0.3) is 0 Å². The van der Waals surface area contributed by atoms with Crippen LogP contribution in [0.15, 0.2) is 11.1 Å². The summed E-state index contributed by atoms with van der Waals surface area (Å²) in [5.41, 5.74) is 2.96. The molecule has 0 amide bonds. The molecule has 0 saturated heterocycles. The monoisotopic (exact) mass is 161 g/mol. The molecule has 2 heteroatoms. The van der Waals surface area contributed by atoms with E-state index in [0.29, 0.717) is 0 Å².